The second kappa shape index (κ2) is 8.39. The van der Waals surface area contributed by atoms with Crippen LogP contribution in [0.25, 0.3) is 0 Å². The lowest BCUT2D eigenvalue weighted by molar-refractivity contribution is -0.174. The van der Waals surface area contributed by atoms with Gasteiger partial charge in [-0.3, -0.25) is 0 Å². The fraction of sp³-hybridized carbons (Fsp3) is 0.625. The smallest absolute Gasteiger partial charge is 0.372 e. The van der Waals surface area contributed by atoms with Crippen LogP contribution in [0.15, 0.2) is 18.2 Å². The predicted octanol–water partition coefficient (Wildman–Crippen LogP) is 4.31. The van der Waals surface area contributed by atoms with Crippen LogP contribution in [-0.4, -0.2) is 25.9 Å². The minimum absolute atomic E-state index is 0.0248. The van der Waals surface area contributed by atoms with E-state index in [-0.39, 0.29) is 12.6 Å². The van der Waals surface area contributed by atoms with Crippen molar-refractivity contribution in [3.63, 3.8) is 0 Å². The van der Waals surface area contributed by atoms with Gasteiger partial charge in [-0.1, -0.05) is 36.2 Å². The van der Waals surface area contributed by atoms with Gasteiger partial charge in [0, 0.05) is 12.6 Å². The van der Waals surface area contributed by atoms with E-state index in [1.807, 2.05) is 13.8 Å². The summed E-state index contributed by atoms with van der Waals surface area (Å²) in [6.45, 7) is 5.85. The van der Waals surface area contributed by atoms with E-state index in [0.29, 0.717) is 6.42 Å². The molecule has 21 heavy (non-hydrogen) atoms. The van der Waals surface area contributed by atoms with Crippen molar-refractivity contribution in [3.05, 3.63) is 34.9 Å². The first-order valence-electron chi connectivity index (χ1n) is 7.28. The molecule has 1 atom stereocenters. The number of rotatable bonds is 8. The number of halogens is 3. The molecule has 120 valence electrons. The second-order valence-electron chi connectivity index (χ2n) is 5.38. The van der Waals surface area contributed by atoms with Crippen LogP contribution in [0, 0.1) is 13.8 Å². The SMILES string of the molecule is CCCNC(CCOCC(F)(F)F)c1cc(C)cc(C)c1. The highest BCUT2D eigenvalue weighted by Crippen LogP contribution is 2.21. The minimum atomic E-state index is -4.26. The Kier molecular flexibility index (Phi) is 7.18. The molecule has 0 radical (unpaired) electrons. The molecule has 1 unspecified atom stereocenters. The first-order chi connectivity index (χ1) is 9.81. The van der Waals surface area contributed by atoms with E-state index in [4.69, 9.17) is 4.74 Å². The maximum atomic E-state index is 12.1. The van der Waals surface area contributed by atoms with Gasteiger partial charge in [0.05, 0.1) is 0 Å². The molecule has 0 aliphatic rings. The zero-order chi connectivity index (χ0) is 15.9. The third kappa shape index (κ3) is 7.48. The van der Waals surface area contributed by atoms with Crippen molar-refractivity contribution in [1.82, 2.24) is 5.32 Å². The Morgan fingerprint density at radius 3 is 2.29 bits per heavy atom. The summed E-state index contributed by atoms with van der Waals surface area (Å²) >= 11 is 0. The van der Waals surface area contributed by atoms with Crippen LogP contribution in [-0.2, 0) is 4.74 Å². The summed E-state index contributed by atoms with van der Waals surface area (Å²) < 4.78 is 40.9. The largest absolute Gasteiger partial charge is 0.411 e. The average Bonchev–Trinajstić information content (AvgIpc) is 2.35. The van der Waals surface area contributed by atoms with Gasteiger partial charge < -0.3 is 10.1 Å². The third-order valence-electron chi connectivity index (χ3n) is 3.10. The molecule has 0 aliphatic heterocycles. The number of hydrogen-bond acceptors (Lipinski definition) is 2. The lowest BCUT2D eigenvalue weighted by Gasteiger charge is -2.20. The van der Waals surface area contributed by atoms with Crippen LogP contribution in [0.4, 0.5) is 13.2 Å². The van der Waals surface area contributed by atoms with Gasteiger partial charge in [-0.15, -0.1) is 0 Å². The van der Waals surface area contributed by atoms with Gasteiger partial charge in [0.1, 0.15) is 6.61 Å². The molecule has 1 aromatic carbocycles. The van der Waals surface area contributed by atoms with E-state index >= 15 is 0 Å². The Bertz CT molecular complexity index is 412. The van der Waals surface area contributed by atoms with Crippen molar-refractivity contribution < 1.29 is 17.9 Å². The van der Waals surface area contributed by atoms with Gasteiger partial charge in [-0.05, 0) is 38.8 Å². The molecule has 2 nitrogen and oxygen atoms in total. The first kappa shape index (κ1) is 18.0. The molecule has 0 aromatic heterocycles. The Balaban J connectivity index is 2.62. The molecule has 1 rings (SSSR count). The molecular weight excluding hydrogens is 279 g/mol. The van der Waals surface area contributed by atoms with Crippen molar-refractivity contribution >= 4 is 0 Å². The molecule has 0 amide bonds. The van der Waals surface area contributed by atoms with Gasteiger partial charge in [-0.2, -0.15) is 13.2 Å². The number of alkyl halides is 3. The molecule has 1 N–H and O–H groups in total. The normalized spacial score (nSPS) is 13.4. The van der Waals surface area contributed by atoms with E-state index in [2.05, 4.69) is 30.4 Å². The van der Waals surface area contributed by atoms with Crippen molar-refractivity contribution in [2.75, 3.05) is 19.8 Å². The Morgan fingerprint density at radius 1 is 1.14 bits per heavy atom. The summed E-state index contributed by atoms with van der Waals surface area (Å²) in [5.74, 6) is 0. The predicted molar refractivity (Wildman–Crippen MR) is 78.4 cm³/mol. The zero-order valence-corrected chi connectivity index (χ0v) is 12.9. The molecule has 0 saturated carbocycles. The third-order valence-corrected chi connectivity index (χ3v) is 3.10. The maximum absolute atomic E-state index is 12.1. The fourth-order valence-corrected chi connectivity index (χ4v) is 2.31. The summed E-state index contributed by atoms with van der Waals surface area (Å²) in [5, 5.41) is 3.38. The van der Waals surface area contributed by atoms with E-state index in [1.54, 1.807) is 0 Å². The van der Waals surface area contributed by atoms with Gasteiger partial charge in [0.25, 0.3) is 0 Å². The van der Waals surface area contributed by atoms with Crippen molar-refractivity contribution in [2.24, 2.45) is 0 Å². The van der Waals surface area contributed by atoms with Gasteiger partial charge >= 0.3 is 6.18 Å². The molecule has 0 saturated heterocycles. The molecule has 0 spiro atoms. The second-order valence-corrected chi connectivity index (χ2v) is 5.38. The van der Waals surface area contributed by atoms with Gasteiger partial charge in [0.15, 0.2) is 0 Å². The summed E-state index contributed by atoms with van der Waals surface area (Å²) in [6, 6.07) is 6.26. The van der Waals surface area contributed by atoms with Crippen molar-refractivity contribution in [1.29, 1.82) is 0 Å². The topological polar surface area (TPSA) is 21.3 Å². The van der Waals surface area contributed by atoms with Crippen LogP contribution in [0.3, 0.4) is 0 Å². The van der Waals surface area contributed by atoms with Crippen LogP contribution in [0.5, 0.6) is 0 Å². The van der Waals surface area contributed by atoms with Crippen molar-refractivity contribution in [3.8, 4) is 0 Å². The highest BCUT2D eigenvalue weighted by molar-refractivity contribution is 5.30. The molecule has 0 bridgehead atoms. The molecule has 0 heterocycles. The van der Waals surface area contributed by atoms with E-state index in [1.165, 1.54) is 0 Å². The zero-order valence-electron chi connectivity index (χ0n) is 12.9. The monoisotopic (exact) mass is 303 g/mol. The van der Waals surface area contributed by atoms with E-state index < -0.39 is 12.8 Å². The Labute approximate surface area is 124 Å². The summed E-state index contributed by atoms with van der Waals surface area (Å²) in [7, 11) is 0. The summed E-state index contributed by atoms with van der Waals surface area (Å²) in [5.41, 5.74) is 3.42. The number of nitrogens with one attached hydrogen (secondary N) is 1. The Morgan fingerprint density at radius 2 is 1.76 bits per heavy atom. The summed E-state index contributed by atoms with van der Waals surface area (Å²) in [4.78, 5) is 0. The molecule has 0 fully saturated rings. The Hall–Kier alpha value is -1.07. The number of aryl methyl sites for hydroxylation is 2. The number of benzene rings is 1. The van der Waals surface area contributed by atoms with Crippen LogP contribution >= 0.6 is 0 Å². The highest BCUT2D eigenvalue weighted by atomic mass is 19.4. The van der Waals surface area contributed by atoms with Gasteiger partial charge in [-0.25, -0.2) is 0 Å². The summed E-state index contributed by atoms with van der Waals surface area (Å²) in [6.07, 6.45) is -2.75. The van der Waals surface area contributed by atoms with Gasteiger partial charge in [0.2, 0.25) is 0 Å². The lowest BCUT2D eigenvalue weighted by atomic mass is 9.99. The van der Waals surface area contributed by atoms with Crippen LogP contribution in [0.2, 0.25) is 0 Å². The quantitative estimate of drug-likeness (QED) is 0.722. The van der Waals surface area contributed by atoms with Crippen LogP contribution in [0.1, 0.15) is 42.5 Å². The minimum Gasteiger partial charge on any atom is -0.372 e. The van der Waals surface area contributed by atoms with E-state index in [9.17, 15) is 13.2 Å². The van der Waals surface area contributed by atoms with Crippen LogP contribution < -0.4 is 5.32 Å². The molecule has 1 aromatic rings. The maximum Gasteiger partial charge on any atom is 0.411 e. The molecule has 0 aliphatic carbocycles. The molecule has 5 heteroatoms. The standard InChI is InChI=1S/C16H24F3NO/c1-4-6-20-15(5-7-21-11-16(17,18)19)14-9-12(2)8-13(3)10-14/h8-10,15,20H,4-7,11H2,1-3H3. The van der Waals surface area contributed by atoms with Crippen molar-refractivity contribution in [2.45, 2.75) is 45.8 Å². The lowest BCUT2D eigenvalue weighted by Crippen LogP contribution is -2.25. The number of ether oxygens (including phenoxy) is 1. The highest BCUT2D eigenvalue weighted by Gasteiger charge is 2.27. The number of hydrogen-bond donors (Lipinski definition) is 1. The fourth-order valence-electron chi connectivity index (χ4n) is 2.31. The molecular formula is C16H24F3NO. The first-order valence-corrected chi connectivity index (χ1v) is 7.28. The average molecular weight is 303 g/mol. The van der Waals surface area contributed by atoms with E-state index in [0.717, 1.165) is 29.7 Å².